The summed E-state index contributed by atoms with van der Waals surface area (Å²) >= 11 is 1.20. The largest absolute Gasteiger partial charge is 0.417 e. The lowest BCUT2D eigenvalue weighted by Crippen LogP contribution is -2.22. The van der Waals surface area contributed by atoms with Crippen LogP contribution in [0, 0.1) is 0 Å². The first-order valence-electron chi connectivity index (χ1n) is 4.43. The minimum Gasteiger partial charge on any atom is -0.327 e. The van der Waals surface area contributed by atoms with E-state index in [4.69, 9.17) is 0 Å². The van der Waals surface area contributed by atoms with Gasteiger partial charge in [-0.3, -0.25) is 9.59 Å². The summed E-state index contributed by atoms with van der Waals surface area (Å²) < 4.78 is 37.0. The quantitative estimate of drug-likeness (QED) is 0.875. The number of pyridine rings is 1. The van der Waals surface area contributed by atoms with Gasteiger partial charge in [0.05, 0.1) is 11.3 Å². The number of H-pyrrole nitrogens is 1. The Labute approximate surface area is 98.6 Å². The molecule has 0 aliphatic heterocycles. The Morgan fingerprint density at radius 2 is 2.18 bits per heavy atom. The minimum atomic E-state index is -4.57. The zero-order valence-corrected chi connectivity index (χ0v) is 9.54. The van der Waals surface area contributed by atoms with E-state index in [0.29, 0.717) is 12.3 Å². The highest BCUT2D eigenvalue weighted by Gasteiger charge is 2.31. The van der Waals surface area contributed by atoms with E-state index in [1.807, 2.05) is 4.98 Å². The number of alkyl halides is 3. The molecule has 0 radical (unpaired) electrons. The molecule has 17 heavy (non-hydrogen) atoms. The van der Waals surface area contributed by atoms with E-state index in [9.17, 15) is 22.8 Å². The second kappa shape index (κ2) is 5.26. The topological polar surface area (TPSA) is 62.0 Å². The Kier molecular flexibility index (Phi) is 4.22. The number of anilines is 1. The molecule has 2 N–H and O–H groups in total. The molecule has 1 aromatic heterocycles. The maximum atomic E-state index is 12.3. The third kappa shape index (κ3) is 3.81. The molecule has 94 valence electrons. The molecule has 4 nitrogen and oxygen atoms in total. The van der Waals surface area contributed by atoms with Gasteiger partial charge in [0.15, 0.2) is 0 Å². The number of carbonyl (C=O) groups excluding carboxylic acids is 1. The van der Waals surface area contributed by atoms with Gasteiger partial charge in [-0.1, -0.05) is 0 Å². The molecule has 0 saturated carbocycles. The number of hydrogen-bond donors (Lipinski definition) is 2. The van der Waals surface area contributed by atoms with E-state index < -0.39 is 28.9 Å². The van der Waals surface area contributed by atoms with Crippen molar-refractivity contribution in [3.05, 3.63) is 28.2 Å². The highest BCUT2D eigenvalue weighted by molar-refractivity contribution is 7.99. The van der Waals surface area contributed by atoms with Gasteiger partial charge in [0, 0.05) is 6.20 Å². The normalized spacial score (nSPS) is 11.3. The molecule has 1 heterocycles. The van der Waals surface area contributed by atoms with Crippen molar-refractivity contribution in [1.29, 1.82) is 0 Å². The minimum absolute atomic E-state index is 0.0652. The third-order valence-corrected chi connectivity index (χ3v) is 2.33. The molecule has 8 heteroatoms. The second-order valence-electron chi connectivity index (χ2n) is 3.11. The average Bonchev–Trinajstić information content (AvgIpc) is 2.20. The maximum absolute atomic E-state index is 12.3. The van der Waals surface area contributed by atoms with Gasteiger partial charge in [-0.2, -0.15) is 24.9 Å². The van der Waals surface area contributed by atoms with Gasteiger partial charge in [-0.05, 0) is 12.3 Å². The van der Waals surface area contributed by atoms with Gasteiger partial charge >= 0.3 is 6.18 Å². The lowest BCUT2D eigenvalue weighted by molar-refractivity contribution is -0.137. The van der Waals surface area contributed by atoms with Crippen LogP contribution in [0.1, 0.15) is 5.56 Å². The van der Waals surface area contributed by atoms with Gasteiger partial charge < -0.3 is 10.3 Å². The van der Waals surface area contributed by atoms with E-state index in [2.05, 4.69) is 5.32 Å². The van der Waals surface area contributed by atoms with Gasteiger partial charge in [0.1, 0.15) is 5.69 Å². The van der Waals surface area contributed by atoms with E-state index >= 15 is 0 Å². The van der Waals surface area contributed by atoms with Crippen molar-refractivity contribution in [3.8, 4) is 0 Å². The molecule has 1 amide bonds. The number of hydrogen-bond acceptors (Lipinski definition) is 3. The number of carbonyl (C=O) groups is 1. The molecule has 0 unspecified atom stereocenters. The van der Waals surface area contributed by atoms with E-state index in [1.54, 1.807) is 6.26 Å². The summed E-state index contributed by atoms with van der Waals surface area (Å²) in [6, 6.07) is 0.608. The van der Waals surface area contributed by atoms with Crippen LogP contribution in [0.15, 0.2) is 17.1 Å². The monoisotopic (exact) mass is 266 g/mol. The number of amides is 1. The van der Waals surface area contributed by atoms with Crippen LogP contribution in [0.2, 0.25) is 0 Å². The SMILES string of the molecule is CSCC(=O)Nc1cc(C(F)(F)F)c[nH]c1=O. The van der Waals surface area contributed by atoms with Crippen molar-refractivity contribution in [2.45, 2.75) is 6.18 Å². The van der Waals surface area contributed by atoms with Crippen molar-refractivity contribution >= 4 is 23.4 Å². The van der Waals surface area contributed by atoms with Gasteiger partial charge in [0.25, 0.3) is 5.56 Å². The van der Waals surface area contributed by atoms with Crippen molar-refractivity contribution in [2.75, 3.05) is 17.3 Å². The summed E-state index contributed by atoms with van der Waals surface area (Å²) in [6.45, 7) is 0. The maximum Gasteiger partial charge on any atom is 0.417 e. The fourth-order valence-electron chi connectivity index (χ4n) is 1.06. The van der Waals surface area contributed by atoms with Crippen LogP contribution >= 0.6 is 11.8 Å². The van der Waals surface area contributed by atoms with Crippen LogP contribution in [0.3, 0.4) is 0 Å². The van der Waals surface area contributed by atoms with Gasteiger partial charge in [-0.25, -0.2) is 0 Å². The second-order valence-corrected chi connectivity index (χ2v) is 3.98. The Hall–Kier alpha value is -1.44. The van der Waals surface area contributed by atoms with E-state index in [-0.39, 0.29) is 5.75 Å². The Balaban J connectivity index is 2.99. The number of halogens is 3. The zero-order valence-electron chi connectivity index (χ0n) is 8.72. The summed E-state index contributed by atoms with van der Waals surface area (Å²) in [4.78, 5) is 24.3. The van der Waals surface area contributed by atoms with Crippen molar-refractivity contribution in [1.82, 2.24) is 4.98 Å². The fourth-order valence-corrected chi connectivity index (χ4v) is 1.39. The summed E-state index contributed by atoms with van der Waals surface area (Å²) in [5.41, 5.74) is -2.19. The molecule has 0 aliphatic carbocycles. The van der Waals surface area contributed by atoms with Crippen molar-refractivity contribution in [3.63, 3.8) is 0 Å². The molecule has 0 fully saturated rings. The summed E-state index contributed by atoms with van der Waals surface area (Å²) in [5.74, 6) is -0.460. The number of aromatic amines is 1. The number of nitrogens with one attached hydrogen (secondary N) is 2. The average molecular weight is 266 g/mol. The summed E-state index contributed by atoms with van der Waals surface area (Å²) in [7, 11) is 0. The van der Waals surface area contributed by atoms with Crippen LogP contribution in [-0.4, -0.2) is 22.9 Å². The molecular weight excluding hydrogens is 257 g/mol. The first kappa shape index (κ1) is 13.6. The van der Waals surface area contributed by atoms with Crippen molar-refractivity contribution < 1.29 is 18.0 Å². The lowest BCUT2D eigenvalue weighted by atomic mass is 10.2. The van der Waals surface area contributed by atoms with Crippen LogP contribution in [0.5, 0.6) is 0 Å². The Morgan fingerprint density at radius 3 is 2.71 bits per heavy atom. The molecule has 0 bridgehead atoms. The molecule has 1 aromatic rings. The summed E-state index contributed by atoms with van der Waals surface area (Å²) in [5, 5.41) is 2.12. The predicted octanol–water partition coefficient (Wildman–Crippen LogP) is 1.70. The van der Waals surface area contributed by atoms with E-state index in [1.165, 1.54) is 11.8 Å². The number of aromatic nitrogens is 1. The van der Waals surface area contributed by atoms with Gasteiger partial charge in [0.2, 0.25) is 5.91 Å². The van der Waals surface area contributed by atoms with E-state index in [0.717, 1.165) is 0 Å². The fraction of sp³-hybridized carbons (Fsp3) is 0.333. The molecule has 0 spiro atoms. The third-order valence-electron chi connectivity index (χ3n) is 1.78. The highest BCUT2D eigenvalue weighted by atomic mass is 32.2. The first-order chi connectivity index (χ1) is 7.84. The first-order valence-corrected chi connectivity index (χ1v) is 5.82. The predicted molar refractivity (Wildman–Crippen MR) is 59.1 cm³/mol. The number of thioether (sulfide) groups is 1. The standard InChI is InChI=1S/C9H9F3N2O2S/c1-17-4-7(15)14-6-2-5(9(10,11)12)3-13-8(6)16/h2-3H,4H2,1H3,(H,13,16)(H,14,15). The molecular formula is C9H9F3N2O2S. The van der Waals surface area contributed by atoms with Gasteiger partial charge in [-0.15, -0.1) is 0 Å². The van der Waals surface area contributed by atoms with Crippen molar-refractivity contribution in [2.24, 2.45) is 0 Å². The zero-order chi connectivity index (χ0) is 13.1. The van der Waals surface area contributed by atoms with Crippen LogP contribution in [0.25, 0.3) is 0 Å². The van der Waals surface area contributed by atoms with Crippen LogP contribution in [-0.2, 0) is 11.0 Å². The lowest BCUT2D eigenvalue weighted by Gasteiger charge is -2.08. The molecule has 1 rings (SSSR count). The molecule has 0 saturated heterocycles. The summed E-state index contributed by atoms with van der Waals surface area (Å²) in [6.07, 6.45) is -2.34. The molecule has 0 atom stereocenters. The Bertz CT molecular complexity index is 470. The Morgan fingerprint density at radius 1 is 1.53 bits per heavy atom. The van der Waals surface area contributed by atoms with Crippen LogP contribution < -0.4 is 10.9 Å². The molecule has 0 aromatic carbocycles. The smallest absolute Gasteiger partial charge is 0.327 e. The highest BCUT2D eigenvalue weighted by Crippen LogP contribution is 2.29. The number of rotatable bonds is 3. The van der Waals surface area contributed by atoms with Crippen LogP contribution in [0.4, 0.5) is 18.9 Å². The molecule has 0 aliphatic rings.